The highest BCUT2D eigenvalue weighted by Crippen LogP contribution is 2.47. The number of pyridine rings is 1. The number of benzene rings is 2. The molecular weight excluding hydrogens is 668 g/mol. The van der Waals surface area contributed by atoms with Crippen LogP contribution in [0.15, 0.2) is 48.7 Å². The van der Waals surface area contributed by atoms with Gasteiger partial charge >= 0.3 is 0 Å². The van der Waals surface area contributed by atoms with E-state index in [2.05, 4.69) is 30.4 Å². The van der Waals surface area contributed by atoms with Gasteiger partial charge in [0.1, 0.15) is 17.3 Å². The topological polar surface area (TPSA) is 122 Å². The average Bonchev–Trinajstić information content (AvgIpc) is 3.84. The largest absolute Gasteiger partial charge is 0.481 e. The lowest BCUT2D eigenvalue weighted by Crippen LogP contribution is -2.67. The molecule has 6 heterocycles. The van der Waals surface area contributed by atoms with E-state index in [0.717, 1.165) is 63.0 Å². The Morgan fingerprint density at radius 2 is 1.37 bits per heavy atom. The Balaban J connectivity index is 0.973. The van der Waals surface area contributed by atoms with Gasteiger partial charge in [-0.3, -0.25) is 24.4 Å². The highest BCUT2D eigenvalue weighted by atomic mass is 19.1. The first kappa shape index (κ1) is 32.9. The van der Waals surface area contributed by atoms with Crippen LogP contribution in [0.2, 0.25) is 0 Å². The van der Waals surface area contributed by atoms with Crippen LogP contribution in [0.1, 0.15) is 55.0 Å². The highest BCUT2D eigenvalue weighted by molar-refractivity contribution is 5.81. The third kappa shape index (κ3) is 5.40. The molecule has 13 heteroatoms. The second-order valence-electron chi connectivity index (χ2n) is 14.9. The number of carbonyl (C=O) groups is 2. The first-order valence-corrected chi connectivity index (χ1v) is 17.8. The Morgan fingerprint density at radius 1 is 0.788 bits per heavy atom. The monoisotopic (exact) mass is 707 g/mol. The van der Waals surface area contributed by atoms with Crippen LogP contribution in [-0.2, 0) is 22.6 Å². The third-order valence-electron chi connectivity index (χ3n) is 11.5. The molecule has 11 nitrogen and oxygen atoms in total. The third-order valence-corrected chi connectivity index (χ3v) is 11.5. The smallest absolute Gasteiger partial charge is 0.237 e. The van der Waals surface area contributed by atoms with Gasteiger partial charge in [-0.1, -0.05) is 24.3 Å². The molecule has 0 unspecified atom stereocenters. The normalized spacial score (nSPS) is 21.5. The molecule has 0 saturated carbocycles. The zero-order valence-corrected chi connectivity index (χ0v) is 29.1. The van der Waals surface area contributed by atoms with Crippen LogP contribution in [0.3, 0.4) is 0 Å². The van der Waals surface area contributed by atoms with Gasteiger partial charge in [0.15, 0.2) is 0 Å². The van der Waals surface area contributed by atoms with E-state index in [9.17, 15) is 9.59 Å². The number of likely N-dealkylation sites (tertiary alicyclic amines) is 2. The average molecular weight is 708 g/mol. The summed E-state index contributed by atoms with van der Waals surface area (Å²) in [4.78, 5) is 42.1. The molecule has 2 N–H and O–H groups in total. The van der Waals surface area contributed by atoms with Gasteiger partial charge in [0, 0.05) is 79.4 Å². The lowest BCUT2D eigenvalue weighted by molar-refractivity contribution is -0.121. The molecule has 2 amide bonds. The van der Waals surface area contributed by atoms with Crippen molar-refractivity contribution in [2.24, 2.45) is 0 Å². The van der Waals surface area contributed by atoms with Crippen LogP contribution in [0.25, 0.3) is 33.6 Å². The van der Waals surface area contributed by atoms with Crippen molar-refractivity contribution in [1.29, 1.82) is 0 Å². The fourth-order valence-corrected chi connectivity index (χ4v) is 9.02. The number of methoxy groups -OCH3 is 2. The van der Waals surface area contributed by atoms with E-state index >= 15 is 8.78 Å². The van der Waals surface area contributed by atoms with Gasteiger partial charge in [-0.2, -0.15) is 0 Å². The standard InChI is InChI=1S/C39H39F2N7O4/c1-51-36-29(17-47-18-38(19-47)13-11-31(49)45-38)42-16-28(44-36)26-8-4-6-24(35(26)41)23-5-3-7-25(34(23)40)27-15-22-9-10-30(33(22)37(43-27)52-2)48-20-39(21-48)14-12-32(50)46-39/h3-8,15-16,30H,9-14,17-21H2,1-2H3,(H,45,49)(H,46,50)/t30-/m0/s1. The van der Waals surface area contributed by atoms with Gasteiger partial charge in [-0.05, 0) is 49.4 Å². The molecular formula is C39H39F2N7O4. The summed E-state index contributed by atoms with van der Waals surface area (Å²) in [7, 11) is 3.07. The summed E-state index contributed by atoms with van der Waals surface area (Å²) in [5, 5.41) is 6.23. The molecule has 2 aromatic carbocycles. The molecule has 0 bridgehead atoms. The number of carbonyl (C=O) groups excluding carboxylic acids is 2. The molecule has 4 saturated heterocycles. The first-order valence-electron chi connectivity index (χ1n) is 17.8. The molecule has 52 heavy (non-hydrogen) atoms. The van der Waals surface area contributed by atoms with Crippen molar-refractivity contribution >= 4 is 11.8 Å². The number of hydrogen-bond donors (Lipinski definition) is 2. The van der Waals surface area contributed by atoms with Crippen molar-refractivity contribution in [3.05, 3.63) is 77.1 Å². The van der Waals surface area contributed by atoms with E-state index < -0.39 is 11.6 Å². The molecule has 1 atom stereocenters. The number of amides is 2. The molecule has 4 aliphatic heterocycles. The van der Waals surface area contributed by atoms with Crippen molar-refractivity contribution in [2.75, 3.05) is 40.4 Å². The summed E-state index contributed by atoms with van der Waals surface area (Å²) in [6.07, 6.45) is 5.99. The number of ether oxygens (including phenoxy) is 2. The second-order valence-corrected chi connectivity index (χ2v) is 14.9. The van der Waals surface area contributed by atoms with Crippen LogP contribution >= 0.6 is 0 Å². The minimum atomic E-state index is -0.627. The van der Waals surface area contributed by atoms with E-state index in [0.29, 0.717) is 36.7 Å². The fourth-order valence-electron chi connectivity index (χ4n) is 9.02. The number of halogens is 2. The summed E-state index contributed by atoms with van der Waals surface area (Å²) in [5.74, 6) is -0.274. The molecule has 1 aliphatic carbocycles. The maximum atomic E-state index is 16.5. The summed E-state index contributed by atoms with van der Waals surface area (Å²) >= 11 is 0. The summed E-state index contributed by atoms with van der Waals surface area (Å²) in [5.41, 5.74) is 3.68. The molecule has 4 fully saturated rings. The van der Waals surface area contributed by atoms with Crippen LogP contribution in [0.5, 0.6) is 11.8 Å². The zero-order valence-electron chi connectivity index (χ0n) is 29.1. The Labute approximate surface area is 299 Å². The minimum Gasteiger partial charge on any atom is -0.481 e. The Hall–Kier alpha value is -5.01. The van der Waals surface area contributed by atoms with Gasteiger partial charge < -0.3 is 20.1 Å². The number of aromatic nitrogens is 3. The number of nitrogens with one attached hydrogen (secondary N) is 2. The Morgan fingerprint density at radius 3 is 1.96 bits per heavy atom. The molecule has 5 aliphatic rings. The molecule has 0 radical (unpaired) electrons. The van der Waals surface area contributed by atoms with Gasteiger partial charge in [-0.25, -0.2) is 18.7 Å². The summed E-state index contributed by atoms with van der Waals surface area (Å²) < 4.78 is 44.2. The number of rotatable bonds is 8. The first-order chi connectivity index (χ1) is 25.2. The summed E-state index contributed by atoms with van der Waals surface area (Å²) in [6, 6.07) is 11.8. The van der Waals surface area contributed by atoms with Crippen molar-refractivity contribution in [3.63, 3.8) is 0 Å². The zero-order chi connectivity index (χ0) is 35.8. The maximum absolute atomic E-state index is 16.5. The number of aryl methyl sites for hydroxylation is 1. The number of fused-ring (bicyclic) bond motifs is 1. The van der Waals surface area contributed by atoms with Crippen molar-refractivity contribution in [2.45, 2.75) is 62.2 Å². The van der Waals surface area contributed by atoms with E-state index in [1.165, 1.54) is 13.3 Å². The van der Waals surface area contributed by atoms with Crippen LogP contribution in [0.4, 0.5) is 8.78 Å². The minimum absolute atomic E-state index is 0.0877. The van der Waals surface area contributed by atoms with E-state index in [4.69, 9.17) is 14.5 Å². The van der Waals surface area contributed by atoms with Gasteiger partial charge in [-0.15, -0.1) is 0 Å². The number of hydrogen-bond acceptors (Lipinski definition) is 9. The van der Waals surface area contributed by atoms with Gasteiger partial charge in [0.2, 0.25) is 23.6 Å². The second kappa shape index (κ2) is 12.3. The lowest BCUT2D eigenvalue weighted by atomic mass is 9.86. The predicted molar refractivity (Wildman–Crippen MR) is 187 cm³/mol. The predicted octanol–water partition coefficient (Wildman–Crippen LogP) is 4.58. The lowest BCUT2D eigenvalue weighted by Gasteiger charge is -2.50. The van der Waals surface area contributed by atoms with E-state index in [-0.39, 0.29) is 62.8 Å². The van der Waals surface area contributed by atoms with Gasteiger partial charge in [0.25, 0.3) is 0 Å². The number of nitrogens with zero attached hydrogens (tertiary/aromatic N) is 5. The summed E-state index contributed by atoms with van der Waals surface area (Å²) in [6.45, 7) is 3.51. The molecule has 268 valence electrons. The quantitative estimate of drug-likeness (QED) is 0.271. The maximum Gasteiger partial charge on any atom is 0.237 e. The van der Waals surface area contributed by atoms with Crippen LogP contribution in [-0.4, -0.2) is 88.0 Å². The Bertz CT molecular complexity index is 2130. The molecule has 4 aromatic rings. The fraction of sp³-hybridized carbons (Fsp3) is 0.410. The highest BCUT2D eigenvalue weighted by Gasteiger charge is 2.51. The SMILES string of the molecule is COc1nc(-c2cccc(-c3cccc(-c4cc5c(c(OC)n4)[C@@H](N4CC6(CCC(=O)N6)C4)CC5)c3F)c2F)cnc1CN1CC2(CCC(=O)N2)C1. The van der Waals surface area contributed by atoms with Crippen LogP contribution in [0, 0.1) is 11.6 Å². The molecule has 2 spiro atoms. The van der Waals surface area contributed by atoms with Crippen molar-refractivity contribution in [1.82, 2.24) is 35.4 Å². The van der Waals surface area contributed by atoms with Gasteiger partial charge in [0.05, 0.1) is 42.9 Å². The van der Waals surface area contributed by atoms with Crippen LogP contribution < -0.4 is 20.1 Å². The molecule has 9 rings (SSSR count). The van der Waals surface area contributed by atoms with E-state index in [1.807, 2.05) is 6.07 Å². The van der Waals surface area contributed by atoms with Crippen molar-refractivity contribution in [3.8, 4) is 45.4 Å². The van der Waals surface area contributed by atoms with E-state index in [1.54, 1.807) is 43.5 Å². The van der Waals surface area contributed by atoms with Crippen molar-refractivity contribution < 1.29 is 27.8 Å². The Kier molecular flexibility index (Phi) is 7.78. The molecule has 2 aromatic heterocycles.